The number of para-hydroxylation sites is 1. The summed E-state index contributed by atoms with van der Waals surface area (Å²) in [5, 5.41) is 0. The first-order valence-corrected chi connectivity index (χ1v) is 10.4. The van der Waals surface area contributed by atoms with E-state index < -0.39 is 22.7 Å². The molecule has 0 bridgehead atoms. The second-order valence-electron chi connectivity index (χ2n) is 8.09. The van der Waals surface area contributed by atoms with Crippen LogP contribution in [0.25, 0.3) is 0 Å². The Labute approximate surface area is 174 Å². The molecule has 1 amide bonds. The van der Waals surface area contributed by atoms with Crippen LogP contribution in [0, 0.1) is 10.8 Å². The SMILES string of the molecule is CC[C@]1(C(=O)c2ccccc2)[C@H]2c3ccccc3OC(=O)[C@]21C(=O)N1CCOCC1. The number of ether oxygens (including phenoxy) is 2. The number of morpholine rings is 1. The van der Waals surface area contributed by atoms with E-state index in [9.17, 15) is 14.4 Å². The van der Waals surface area contributed by atoms with Gasteiger partial charge in [0.25, 0.3) is 0 Å². The highest BCUT2D eigenvalue weighted by Gasteiger charge is 2.89. The van der Waals surface area contributed by atoms with E-state index in [1.54, 1.807) is 41.3 Å². The van der Waals surface area contributed by atoms with Crippen LogP contribution in [0.15, 0.2) is 54.6 Å². The lowest BCUT2D eigenvalue weighted by Gasteiger charge is -2.32. The topological polar surface area (TPSA) is 72.9 Å². The van der Waals surface area contributed by atoms with Gasteiger partial charge in [0.1, 0.15) is 5.75 Å². The van der Waals surface area contributed by atoms with Crippen LogP contribution in [0.4, 0.5) is 0 Å². The first-order valence-electron chi connectivity index (χ1n) is 10.4. The molecule has 0 aromatic heterocycles. The van der Waals surface area contributed by atoms with Crippen LogP contribution in [0.3, 0.4) is 0 Å². The van der Waals surface area contributed by atoms with Crippen molar-refractivity contribution in [1.82, 2.24) is 4.90 Å². The third-order valence-electron chi connectivity index (χ3n) is 6.94. The standard InChI is InChI=1S/C24H23NO5/c1-2-23(20(26)16-8-4-3-5-9-16)19-17-10-6-7-11-18(17)30-22(28)24(19,23)21(27)25-12-14-29-15-13-25/h3-11,19H,2,12-15H2,1H3/t19-,23-,24-/m1/s1. The van der Waals surface area contributed by atoms with Gasteiger partial charge in [-0.1, -0.05) is 55.5 Å². The average Bonchev–Trinajstić information content (AvgIpc) is 3.46. The Kier molecular flexibility index (Phi) is 4.29. The van der Waals surface area contributed by atoms with Gasteiger partial charge in [0.15, 0.2) is 11.2 Å². The lowest BCUT2D eigenvalue weighted by Crippen LogP contribution is -2.51. The van der Waals surface area contributed by atoms with Crippen molar-refractivity contribution in [1.29, 1.82) is 0 Å². The number of benzene rings is 2. The highest BCUT2D eigenvalue weighted by Crippen LogP contribution is 2.80. The van der Waals surface area contributed by atoms with E-state index in [-0.39, 0.29) is 11.7 Å². The largest absolute Gasteiger partial charge is 0.425 e. The molecule has 5 rings (SSSR count). The van der Waals surface area contributed by atoms with Gasteiger partial charge in [-0.15, -0.1) is 0 Å². The predicted molar refractivity (Wildman–Crippen MR) is 108 cm³/mol. The number of fused-ring (bicyclic) bond motifs is 3. The maximum absolute atomic E-state index is 13.9. The summed E-state index contributed by atoms with van der Waals surface area (Å²) in [6.45, 7) is 3.53. The van der Waals surface area contributed by atoms with E-state index >= 15 is 0 Å². The first-order chi connectivity index (χ1) is 14.6. The molecule has 1 saturated carbocycles. The lowest BCUT2D eigenvalue weighted by molar-refractivity contribution is -0.156. The Morgan fingerprint density at radius 2 is 1.70 bits per heavy atom. The van der Waals surface area contributed by atoms with Crippen molar-refractivity contribution >= 4 is 17.7 Å². The molecule has 2 heterocycles. The zero-order valence-corrected chi connectivity index (χ0v) is 16.8. The quantitative estimate of drug-likeness (QED) is 0.339. The maximum Gasteiger partial charge on any atom is 0.328 e. The van der Waals surface area contributed by atoms with Crippen LogP contribution < -0.4 is 4.74 Å². The van der Waals surface area contributed by atoms with Gasteiger partial charge in [0.2, 0.25) is 5.91 Å². The van der Waals surface area contributed by atoms with Gasteiger partial charge in [-0.05, 0) is 12.5 Å². The van der Waals surface area contributed by atoms with Crippen molar-refractivity contribution in [2.75, 3.05) is 26.3 Å². The first kappa shape index (κ1) is 19.0. The summed E-state index contributed by atoms with van der Waals surface area (Å²) in [6.07, 6.45) is 0.366. The minimum atomic E-state index is -1.53. The second-order valence-corrected chi connectivity index (χ2v) is 8.09. The number of nitrogens with zero attached hydrogens (tertiary/aromatic N) is 1. The van der Waals surface area contributed by atoms with Gasteiger partial charge in [-0.3, -0.25) is 14.4 Å². The zero-order chi connectivity index (χ0) is 20.9. The normalized spacial score (nSPS) is 29.4. The Morgan fingerprint density at radius 1 is 1.03 bits per heavy atom. The highest BCUT2D eigenvalue weighted by molar-refractivity contribution is 6.21. The van der Waals surface area contributed by atoms with Crippen LogP contribution in [-0.4, -0.2) is 48.9 Å². The molecule has 3 atom stereocenters. The third kappa shape index (κ3) is 2.25. The molecule has 6 nitrogen and oxygen atoms in total. The molecular weight excluding hydrogens is 382 g/mol. The van der Waals surface area contributed by atoms with Gasteiger partial charge in [0, 0.05) is 30.1 Å². The van der Waals surface area contributed by atoms with Crippen molar-refractivity contribution in [3.05, 3.63) is 65.7 Å². The monoisotopic (exact) mass is 405 g/mol. The molecule has 2 aliphatic heterocycles. The van der Waals surface area contributed by atoms with E-state index in [1.165, 1.54) is 0 Å². The van der Waals surface area contributed by atoms with Gasteiger partial charge < -0.3 is 14.4 Å². The summed E-state index contributed by atoms with van der Waals surface area (Å²) >= 11 is 0. The molecular formula is C24H23NO5. The van der Waals surface area contributed by atoms with E-state index in [2.05, 4.69) is 0 Å². The Morgan fingerprint density at radius 3 is 2.40 bits per heavy atom. The summed E-state index contributed by atoms with van der Waals surface area (Å²) < 4.78 is 11.1. The zero-order valence-electron chi connectivity index (χ0n) is 16.8. The lowest BCUT2D eigenvalue weighted by atomic mass is 9.82. The number of esters is 1. The van der Waals surface area contributed by atoms with Crippen LogP contribution in [0.5, 0.6) is 5.75 Å². The molecule has 2 fully saturated rings. The summed E-state index contributed by atoms with van der Waals surface area (Å²) in [6, 6.07) is 16.2. The molecule has 30 heavy (non-hydrogen) atoms. The molecule has 0 N–H and O–H groups in total. The molecule has 0 unspecified atom stereocenters. The Balaban J connectivity index is 1.70. The van der Waals surface area contributed by atoms with Crippen LogP contribution in [0.2, 0.25) is 0 Å². The molecule has 2 aromatic carbocycles. The molecule has 1 aliphatic carbocycles. The number of ketones is 1. The number of hydrogen-bond acceptors (Lipinski definition) is 5. The highest BCUT2D eigenvalue weighted by atomic mass is 16.5. The van der Waals surface area contributed by atoms with E-state index in [0.29, 0.717) is 44.0 Å². The minimum absolute atomic E-state index is 0.175. The molecule has 2 aromatic rings. The summed E-state index contributed by atoms with van der Waals surface area (Å²) in [7, 11) is 0. The van der Waals surface area contributed by atoms with Crippen LogP contribution in [0.1, 0.15) is 35.2 Å². The molecule has 3 aliphatic rings. The van der Waals surface area contributed by atoms with Gasteiger partial charge in [0.05, 0.1) is 18.6 Å². The summed E-state index contributed by atoms with van der Waals surface area (Å²) in [4.78, 5) is 42.9. The van der Waals surface area contributed by atoms with Crippen molar-refractivity contribution in [2.45, 2.75) is 19.3 Å². The molecule has 154 valence electrons. The number of hydrogen-bond donors (Lipinski definition) is 0. The average molecular weight is 405 g/mol. The Bertz CT molecular complexity index is 1030. The number of Topliss-reactive ketones (excluding diaryl/α,β-unsaturated/α-hetero) is 1. The molecule has 6 heteroatoms. The van der Waals surface area contributed by atoms with Gasteiger partial charge >= 0.3 is 5.97 Å². The molecule has 0 radical (unpaired) electrons. The fourth-order valence-corrected chi connectivity index (χ4v) is 5.54. The van der Waals surface area contributed by atoms with Crippen molar-refractivity contribution in [3.8, 4) is 5.75 Å². The van der Waals surface area contributed by atoms with Crippen molar-refractivity contribution in [3.63, 3.8) is 0 Å². The van der Waals surface area contributed by atoms with Gasteiger partial charge in [-0.25, -0.2) is 0 Å². The predicted octanol–water partition coefficient (Wildman–Crippen LogP) is 2.83. The van der Waals surface area contributed by atoms with Crippen LogP contribution >= 0.6 is 0 Å². The number of carbonyl (C=O) groups excluding carboxylic acids is 3. The van der Waals surface area contributed by atoms with Gasteiger partial charge in [-0.2, -0.15) is 0 Å². The fourth-order valence-electron chi connectivity index (χ4n) is 5.54. The minimum Gasteiger partial charge on any atom is -0.425 e. The molecule has 1 saturated heterocycles. The second kappa shape index (κ2) is 6.77. The van der Waals surface area contributed by atoms with E-state index in [1.807, 2.05) is 25.1 Å². The van der Waals surface area contributed by atoms with Crippen molar-refractivity contribution in [2.24, 2.45) is 10.8 Å². The maximum atomic E-state index is 13.9. The third-order valence-corrected chi connectivity index (χ3v) is 6.94. The fraction of sp³-hybridized carbons (Fsp3) is 0.375. The Hall–Kier alpha value is -2.99. The van der Waals surface area contributed by atoms with Crippen molar-refractivity contribution < 1.29 is 23.9 Å². The number of carbonyl (C=O) groups is 3. The molecule has 0 spiro atoms. The smallest absolute Gasteiger partial charge is 0.328 e. The van der Waals surface area contributed by atoms with E-state index in [0.717, 1.165) is 5.56 Å². The summed E-state index contributed by atoms with van der Waals surface area (Å²) in [5.74, 6) is -1.20. The number of amides is 1. The van der Waals surface area contributed by atoms with E-state index in [4.69, 9.17) is 9.47 Å². The van der Waals surface area contributed by atoms with Crippen LogP contribution in [-0.2, 0) is 14.3 Å². The number of rotatable bonds is 4. The summed E-state index contributed by atoms with van der Waals surface area (Å²) in [5.41, 5.74) is -1.42.